The SMILES string of the molecule is CN=C1NC(=O)C2(CC(C)(C)C2)N1. The maximum Gasteiger partial charge on any atom is 0.252 e. The van der Waals surface area contributed by atoms with E-state index < -0.39 is 0 Å². The second-order valence-corrected chi connectivity index (χ2v) is 4.75. The summed E-state index contributed by atoms with van der Waals surface area (Å²) in [4.78, 5) is 15.5. The number of carbonyl (C=O) groups excluding carboxylic acids is 1. The molecule has 2 rings (SSSR count). The van der Waals surface area contributed by atoms with Crippen LogP contribution in [-0.2, 0) is 4.79 Å². The molecule has 72 valence electrons. The molecule has 0 aromatic heterocycles. The van der Waals surface area contributed by atoms with E-state index in [-0.39, 0.29) is 16.9 Å². The summed E-state index contributed by atoms with van der Waals surface area (Å²) in [7, 11) is 1.67. The molecule has 1 saturated carbocycles. The molecule has 1 amide bonds. The first-order valence-electron chi connectivity index (χ1n) is 4.54. The molecule has 1 heterocycles. The second kappa shape index (κ2) is 2.25. The Morgan fingerprint density at radius 1 is 1.38 bits per heavy atom. The molecule has 0 atom stereocenters. The van der Waals surface area contributed by atoms with Gasteiger partial charge < -0.3 is 5.32 Å². The number of guanidine groups is 1. The van der Waals surface area contributed by atoms with Gasteiger partial charge in [0.15, 0.2) is 5.96 Å². The summed E-state index contributed by atoms with van der Waals surface area (Å²) in [6.07, 6.45) is 1.79. The Bertz CT molecular complexity index is 285. The minimum absolute atomic E-state index is 0.0763. The number of nitrogens with one attached hydrogen (secondary N) is 2. The average molecular weight is 181 g/mol. The van der Waals surface area contributed by atoms with Crippen molar-refractivity contribution in [2.24, 2.45) is 10.4 Å². The predicted molar refractivity (Wildman–Crippen MR) is 50.4 cm³/mol. The van der Waals surface area contributed by atoms with E-state index in [0.29, 0.717) is 5.96 Å². The smallest absolute Gasteiger partial charge is 0.252 e. The molecular formula is C9H15N3O. The lowest BCUT2D eigenvalue weighted by Crippen LogP contribution is -2.60. The fourth-order valence-corrected chi connectivity index (χ4v) is 2.48. The van der Waals surface area contributed by atoms with Crippen LogP contribution in [0.2, 0.25) is 0 Å². The van der Waals surface area contributed by atoms with Crippen molar-refractivity contribution in [3.8, 4) is 0 Å². The molecule has 4 nitrogen and oxygen atoms in total. The Hall–Kier alpha value is -1.06. The number of amides is 1. The molecule has 1 aliphatic carbocycles. The summed E-state index contributed by atoms with van der Waals surface area (Å²) in [5.41, 5.74) is -0.0636. The van der Waals surface area contributed by atoms with Crippen LogP contribution >= 0.6 is 0 Å². The van der Waals surface area contributed by atoms with Crippen molar-refractivity contribution >= 4 is 11.9 Å². The summed E-state index contributed by atoms with van der Waals surface area (Å²) in [5.74, 6) is 0.688. The molecule has 1 aliphatic heterocycles. The highest BCUT2D eigenvalue weighted by Crippen LogP contribution is 2.48. The fourth-order valence-electron chi connectivity index (χ4n) is 2.48. The first-order valence-corrected chi connectivity index (χ1v) is 4.54. The maximum absolute atomic E-state index is 11.6. The van der Waals surface area contributed by atoms with E-state index in [0.717, 1.165) is 12.8 Å². The van der Waals surface area contributed by atoms with Crippen molar-refractivity contribution < 1.29 is 4.79 Å². The molecule has 2 N–H and O–H groups in total. The molecule has 2 aliphatic rings. The summed E-state index contributed by atoms with van der Waals surface area (Å²) in [6, 6.07) is 0. The Morgan fingerprint density at radius 3 is 2.38 bits per heavy atom. The zero-order chi connectivity index (χ0) is 9.69. The van der Waals surface area contributed by atoms with Gasteiger partial charge in [-0.15, -0.1) is 0 Å². The number of rotatable bonds is 0. The van der Waals surface area contributed by atoms with Crippen LogP contribution < -0.4 is 10.6 Å². The number of hydrogen-bond acceptors (Lipinski definition) is 2. The molecule has 1 spiro atoms. The highest BCUT2D eigenvalue weighted by atomic mass is 16.2. The number of hydrogen-bond donors (Lipinski definition) is 2. The molecule has 4 heteroatoms. The van der Waals surface area contributed by atoms with E-state index in [4.69, 9.17) is 0 Å². The van der Waals surface area contributed by atoms with Crippen LogP contribution in [0.3, 0.4) is 0 Å². The van der Waals surface area contributed by atoms with Gasteiger partial charge in [0.2, 0.25) is 0 Å². The van der Waals surface area contributed by atoms with E-state index in [9.17, 15) is 4.79 Å². The standard InChI is InChI=1S/C9H15N3O/c1-8(2)4-9(5-8)6(13)11-7(10-3)12-9/h4-5H2,1-3H3,(H2,10,11,12,13). The summed E-state index contributed by atoms with van der Waals surface area (Å²) in [5, 5.41) is 5.88. The van der Waals surface area contributed by atoms with E-state index in [1.807, 2.05) is 0 Å². The van der Waals surface area contributed by atoms with E-state index in [1.54, 1.807) is 7.05 Å². The van der Waals surface area contributed by atoms with Gasteiger partial charge in [-0.1, -0.05) is 13.8 Å². The van der Waals surface area contributed by atoms with Crippen LogP contribution in [0, 0.1) is 5.41 Å². The lowest BCUT2D eigenvalue weighted by atomic mass is 9.59. The molecule has 0 aromatic rings. The molecule has 13 heavy (non-hydrogen) atoms. The summed E-state index contributed by atoms with van der Waals surface area (Å²) in [6.45, 7) is 4.35. The first-order chi connectivity index (χ1) is 5.97. The fraction of sp³-hybridized carbons (Fsp3) is 0.778. The molecule has 1 saturated heterocycles. The van der Waals surface area contributed by atoms with Gasteiger partial charge in [-0.2, -0.15) is 0 Å². The van der Waals surface area contributed by atoms with Gasteiger partial charge in [-0.3, -0.25) is 15.1 Å². The van der Waals surface area contributed by atoms with Crippen LogP contribution in [0.5, 0.6) is 0 Å². The van der Waals surface area contributed by atoms with Gasteiger partial charge in [0, 0.05) is 7.05 Å². The zero-order valence-corrected chi connectivity index (χ0v) is 8.27. The Kier molecular flexibility index (Phi) is 1.47. The predicted octanol–water partition coefficient (Wildman–Crippen LogP) is 0.250. The van der Waals surface area contributed by atoms with Crippen molar-refractivity contribution in [3.05, 3.63) is 0 Å². The maximum atomic E-state index is 11.6. The van der Waals surface area contributed by atoms with E-state index in [2.05, 4.69) is 29.5 Å². The molecule has 0 radical (unpaired) electrons. The second-order valence-electron chi connectivity index (χ2n) is 4.75. The normalized spacial score (nSPS) is 31.3. The van der Waals surface area contributed by atoms with Crippen LogP contribution in [0.1, 0.15) is 26.7 Å². The number of nitrogens with zero attached hydrogens (tertiary/aromatic N) is 1. The van der Waals surface area contributed by atoms with Crippen molar-refractivity contribution in [2.45, 2.75) is 32.2 Å². The zero-order valence-electron chi connectivity index (χ0n) is 8.27. The lowest BCUT2D eigenvalue weighted by Gasteiger charge is -2.48. The lowest BCUT2D eigenvalue weighted by molar-refractivity contribution is -0.131. The first kappa shape index (κ1) is 8.53. The number of aliphatic imine (C=N–C) groups is 1. The van der Waals surface area contributed by atoms with Crippen LogP contribution in [0.4, 0.5) is 0 Å². The third-order valence-electron chi connectivity index (χ3n) is 2.81. The minimum Gasteiger partial charge on any atom is -0.342 e. The van der Waals surface area contributed by atoms with Crippen LogP contribution in [-0.4, -0.2) is 24.5 Å². The van der Waals surface area contributed by atoms with Crippen molar-refractivity contribution in [3.63, 3.8) is 0 Å². The number of carbonyl (C=O) groups is 1. The quantitative estimate of drug-likeness (QED) is 0.563. The highest BCUT2D eigenvalue weighted by Gasteiger charge is 2.57. The topological polar surface area (TPSA) is 53.5 Å². The van der Waals surface area contributed by atoms with Gasteiger partial charge in [0.25, 0.3) is 5.91 Å². The summed E-state index contributed by atoms with van der Waals surface area (Å²) < 4.78 is 0. The third-order valence-corrected chi connectivity index (χ3v) is 2.81. The third kappa shape index (κ3) is 1.12. The van der Waals surface area contributed by atoms with Gasteiger partial charge >= 0.3 is 0 Å². The van der Waals surface area contributed by atoms with Gasteiger partial charge in [-0.25, -0.2) is 0 Å². The van der Waals surface area contributed by atoms with E-state index in [1.165, 1.54) is 0 Å². The average Bonchev–Trinajstić information content (AvgIpc) is 2.26. The largest absolute Gasteiger partial charge is 0.342 e. The molecule has 0 aromatic carbocycles. The summed E-state index contributed by atoms with van der Waals surface area (Å²) >= 11 is 0. The van der Waals surface area contributed by atoms with Crippen LogP contribution in [0.25, 0.3) is 0 Å². The molecule has 2 fully saturated rings. The Morgan fingerprint density at radius 2 is 2.00 bits per heavy atom. The van der Waals surface area contributed by atoms with Gasteiger partial charge in [-0.05, 0) is 18.3 Å². The molecular weight excluding hydrogens is 166 g/mol. The highest BCUT2D eigenvalue weighted by molar-refractivity contribution is 6.09. The monoisotopic (exact) mass is 181 g/mol. The van der Waals surface area contributed by atoms with Crippen molar-refractivity contribution in [1.29, 1.82) is 0 Å². The Balaban J connectivity index is 2.16. The van der Waals surface area contributed by atoms with Crippen LogP contribution in [0.15, 0.2) is 4.99 Å². The van der Waals surface area contributed by atoms with Gasteiger partial charge in [0.05, 0.1) is 0 Å². The van der Waals surface area contributed by atoms with Crippen molar-refractivity contribution in [1.82, 2.24) is 10.6 Å². The van der Waals surface area contributed by atoms with E-state index >= 15 is 0 Å². The van der Waals surface area contributed by atoms with Gasteiger partial charge in [0.1, 0.15) is 5.54 Å². The van der Waals surface area contributed by atoms with Crippen molar-refractivity contribution in [2.75, 3.05) is 7.05 Å². The molecule has 0 unspecified atom stereocenters. The molecule has 0 bridgehead atoms. The minimum atomic E-state index is -0.349. The Labute approximate surface area is 77.8 Å².